The summed E-state index contributed by atoms with van der Waals surface area (Å²) in [4.78, 5) is 24.7. The van der Waals surface area contributed by atoms with E-state index in [9.17, 15) is 10.1 Å². The molecule has 11 nitrogen and oxygen atoms in total. The van der Waals surface area contributed by atoms with Crippen molar-refractivity contribution in [1.29, 1.82) is 5.26 Å². The monoisotopic (exact) mass is 590 g/mol. The lowest BCUT2D eigenvalue weighted by Gasteiger charge is -2.57. The molecule has 0 radical (unpaired) electrons. The Morgan fingerprint density at radius 3 is 2.64 bits per heavy atom. The molecule has 1 aromatic carbocycles. The van der Waals surface area contributed by atoms with Gasteiger partial charge in [0.05, 0.1) is 48.3 Å². The quantitative estimate of drug-likeness (QED) is 0.330. The third-order valence-electron chi connectivity index (χ3n) is 9.62. The molecular weight excluding hydrogens is 556 g/mol. The molecule has 0 saturated carbocycles. The van der Waals surface area contributed by atoms with E-state index in [0.717, 1.165) is 73.7 Å². The van der Waals surface area contributed by atoms with Gasteiger partial charge in [-0.1, -0.05) is 30.3 Å². The van der Waals surface area contributed by atoms with Crippen LogP contribution in [0.5, 0.6) is 5.75 Å². The van der Waals surface area contributed by atoms with Crippen LogP contribution >= 0.6 is 0 Å². The third-order valence-corrected chi connectivity index (χ3v) is 9.62. The average molecular weight is 591 g/mol. The number of morpholine rings is 1. The molecule has 0 aliphatic carbocycles. The van der Waals surface area contributed by atoms with Crippen LogP contribution in [-0.2, 0) is 9.53 Å². The highest BCUT2D eigenvalue weighted by atomic mass is 16.5. The Kier molecular flexibility index (Phi) is 6.70. The lowest BCUT2D eigenvalue weighted by atomic mass is 9.86. The summed E-state index contributed by atoms with van der Waals surface area (Å²) in [5.74, 6) is 1.55. The van der Waals surface area contributed by atoms with Crippen molar-refractivity contribution in [3.05, 3.63) is 78.2 Å². The highest BCUT2D eigenvalue weighted by Crippen LogP contribution is 2.37. The van der Waals surface area contributed by atoms with Crippen molar-refractivity contribution in [2.24, 2.45) is 5.73 Å². The number of rotatable bonds is 8. The number of piperidine rings is 1. The molecule has 5 fully saturated rings. The van der Waals surface area contributed by atoms with E-state index < -0.39 is 6.04 Å². The maximum absolute atomic E-state index is 13.2. The number of anilines is 1. The van der Waals surface area contributed by atoms with Gasteiger partial charge in [-0.05, 0) is 36.6 Å². The second-order valence-corrected chi connectivity index (χ2v) is 12.2. The van der Waals surface area contributed by atoms with E-state index >= 15 is 0 Å². The predicted octanol–water partition coefficient (Wildman–Crippen LogP) is 2.61. The number of carbonyl (C=O) groups is 1. The molecular formula is C33H34N8O3. The number of nitrogens with two attached hydrogens (primary N) is 1. The number of hydrogen-bond acceptors (Lipinski definition) is 9. The van der Waals surface area contributed by atoms with E-state index in [1.54, 1.807) is 10.7 Å². The Labute approximate surface area is 255 Å². The molecule has 3 aromatic heterocycles. The summed E-state index contributed by atoms with van der Waals surface area (Å²) in [5, 5.41) is 14.2. The van der Waals surface area contributed by atoms with Crippen LogP contribution in [0.2, 0.25) is 0 Å². The molecule has 5 atom stereocenters. The molecule has 4 unspecified atom stereocenters. The topological polar surface area (TPSA) is 125 Å². The molecule has 9 rings (SSSR count). The maximum Gasteiger partial charge on any atom is 0.244 e. The molecule has 44 heavy (non-hydrogen) atoms. The van der Waals surface area contributed by atoms with Gasteiger partial charge in [0.1, 0.15) is 30.3 Å². The zero-order chi connectivity index (χ0) is 29.8. The number of nitriles is 1. The number of likely N-dealkylation sites (tertiary alicyclic amines) is 1. The van der Waals surface area contributed by atoms with Gasteiger partial charge in [0, 0.05) is 49.5 Å². The van der Waals surface area contributed by atoms with Gasteiger partial charge in [0.25, 0.3) is 0 Å². The summed E-state index contributed by atoms with van der Waals surface area (Å²) in [6, 6.07) is 17.9. The van der Waals surface area contributed by atoms with Crippen LogP contribution < -0.4 is 15.4 Å². The van der Waals surface area contributed by atoms with E-state index in [1.165, 1.54) is 0 Å². The van der Waals surface area contributed by atoms with Gasteiger partial charge in [-0.15, -0.1) is 0 Å². The molecule has 5 saturated heterocycles. The van der Waals surface area contributed by atoms with Gasteiger partial charge in [0.15, 0.2) is 0 Å². The van der Waals surface area contributed by atoms with E-state index in [-0.39, 0.29) is 18.0 Å². The Morgan fingerprint density at radius 1 is 1.09 bits per heavy atom. The number of hydrogen-bond donors (Lipinski definition) is 1. The second kappa shape index (κ2) is 10.9. The summed E-state index contributed by atoms with van der Waals surface area (Å²) in [6.07, 6.45) is 7.72. The van der Waals surface area contributed by atoms with Crippen LogP contribution in [0.15, 0.2) is 67.1 Å². The fraction of sp³-hybridized carbons (Fsp3) is 0.394. The Bertz CT molecular complexity index is 1720. The fourth-order valence-corrected chi connectivity index (χ4v) is 7.36. The van der Waals surface area contributed by atoms with Crippen LogP contribution in [-0.4, -0.2) is 93.9 Å². The number of benzene rings is 1. The van der Waals surface area contributed by atoms with Gasteiger partial charge in [0.2, 0.25) is 5.91 Å². The number of carbonyl (C=O) groups excluding carboxylic acids is 1. The fourth-order valence-electron chi connectivity index (χ4n) is 7.36. The minimum atomic E-state index is -0.645. The molecule has 11 heteroatoms. The number of amides is 1. The van der Waals surface area contributed by atoms with E-state index in [2.05, 4.69) is 21.0 Å². The lowest BCUT2D eigenvalue weighted by molar-refractivity contribution is -0.147. The second-order valence-electron chi connectivity index (χ2n) is 12.2. The number of aromatic nitrogens is 3. The minimum absolute atomic E-state index is 0.0118. The molecule has 2 N–H and O–H groups in total. The summed E-state index contributed by atoms with van der Waals surface area (Å²) in [5.41, 5.74) is 10.1. The van der Waals surface area contributed by atoms with E-state index in [0.29, 0.717) is 30.1 Å². The first-order chi connectivity index (χ1) is 21.6. The minimum Gasteiger partial charge on any atom is -0.491 e. The number of pyridine rings is 2. The molecule has 224 valence electrons. The van der Waals surface area contributed by atoms with Gasteiger partial charge >= 0.3 is 0 Å². The number of piperazine rings is 1. The predicted molar refractivity (Wildman–Crippen MR) is 163 cm³/mol. The van der Waals surface area contributed by atoms with Gasteiger partial charge in [-0.2, -0.15) is 10.4 Å². The summed E-state index contributed by atoms with van der Waals surface area (Å²) < 4.78 is 13.6. The summed E-state index contributed by atoms with van der Waals surface area (Å²) in [7, 11) is 0. The van der Waals surface area contributed by atoms with Crippen LogP contribution in [0.1, 0.15) is 30.0 Å². The Morgan fingerprint density at radius 2 is 1.93 bits per heavy atom. The highest BCUT2D eigenvalue weighted by molar-refractivity contribution is 5.86. The molecule has 5 aliphatic rings. The van der Waals surface area contributed by atoms with Crippen LogP contribution in [0.4, 0.5) is 5.82 Å². The van der Waals surface area contributed by atoms with Crippen molar-refractivity contribution in [1.82, 2.24) is 24.4 Å². The molecule has 1 amide bonds. The molecule has 5 aliphatic heterocycles. The van der Waals surface area contributed by atoms with Crippen molar-refractivity contribution < 1.29 is 14.3 Å². The molecule has 8 heterocycles. The average Bonchev–Trinajstić information content (AvgIpc) is 3.81. The standard InChI is InChI=1S/C33H34N8O3/c34-13-23-15-37-40-19-28(43-9-8-38-18-27-11-26(38)20-44-27)12-29(32(23)40)22-6-7-30(36-14-22)39-16-24-10-25(17-39)41(24)33(42)31(35)21-4-2-1-3-5-21/h1-7,12,14-15,19,24-27,31H,8-11,16-18,20,35H2/t24?,25?,26?,27?,31-/m0/s1. The highest BCUT2D eigenvalue weighted by Gasteiger charge is 2.48. The van der Waals surface area contributed by atoms with E-state index in [4.69, 9.17) is 20.2 Å². The normalized spacial score (nSPS) is 24.7. The van der Waals surface area contributed by atoms with Gasteiger partial charge in [-0.3, -0.25) is 9.69 Å². The third kappa shape index (κ3) is 4.66. The van der Waals surface area contributed by atoms with Crippen molar-refractivity contribution in [2.45, 2.75) is 43.1 Å². The van der Waals surface area contributed by atoms with Gasteiger partial charge in [-0.25, -0.2) is 9.50 Å². The molecule has 0 spiro atoms. The van der Waals surface area contributed by atoms with Crippen LogP contribution in [0.25, 0.3) is 16.6 Å². The smallest absolute Gasteiger partial charge is 0.244 e. The number of fused-ring (bicyclic) bond motifs is 5. The van der Waals surface area contributed by atoms with Crippen molar-refractivity contribution >= 4 is 17.2 Å². The van der Waals surface area contributed by atoms with Gasteiger partial charge < -0.3 is 25.0 Å². The van der Waals surface area contributed by atoms with Crippen molar-refractivity contribution in [3.63, 3.8) is 0 Å². The summed E-state index contributed by atoms with van der Waals surface area (Å²) in [6.45, 7) is 4.62. The zero-order valence-electron chi connectivity index (χ0n) is 24.3. The first-order valence-electron chi connectivity index (χ1n) is 15.3. The van der Waals surface area contributed by atoms with E-state index in [1.807, 2.05) is 65.8 Å². The lowest BCUT2D eigenvalue weighted by Crippen LogP contribution is -2.71. The van der Waals surface area contributed by atoms with Crippen LogP contribution in [0.3, 0.4) is 0 Å². The summed E-state index contributed by atoms with van der Waals surface area (Å²) >= 11 is 0. The van der Waals surface area contributed by atoms with Crippen molar-refractivity contribution in [2.75, 3.05) is 44.3 Å². The molecule has 4 aromatic rings. The number of ether oxygens (including phenoxy) is 2. The zero-order valence-corrected chi connectivity index (χ0v) is 24.3. The van der Waals surface area contributed by atoms with Crippen molar-refractivity contribution in [3.8, 4) is 22.9 Å². The largest absolute Gasteiger partial charge is 0.491 e. The SMILES string of the molecule is N#Cc1cnn2cc(OCCN3CC4CC3CO4)cc(-c3ccc(N4CC5CC(C4)N5C(=O)[C@@H](N)c4ccccc4)nc3)c12. The Balaban J connectivity index is 0.971. The Hall–Kier alpha value is -4.50. The first kappa shape index (κ1) is 27.1. The van der Waals surface area contributed by atoms with Crippen LogP contribution in [0, 0.1) is 11.3 Å². The molecule has 4 bridgehead atoms. The number of nitrogens with zero attached hydrogens (tertiary/aromatic N) is 7. The maximum atomic E-state index is 13.2. The first-order valence-corrected chi connectivity index (χ1v) is 15.3.